The van der Waals surface area contributed by atoms with Crippen molar-refractivity contribution in [1.29, 1.82) is 5.41 Å². The van der Waals surface area contributed by atoms with Gasteiger partial charge in [-0.2, -0.15) is 13.2 Å². The molecule has 0 aliphatic carbocycles. The number of amides is 1. The highest BCUT2D eigenvalue weighted by Crippen LogP contribution is 2.34. The van der Waals surface area contributed by atoms with Crippen molar-refractivity contribution in [2.24, 2.45) is 5.73 Å². The molecule has 200 valence electrons. The maximum Gasteiger partial charge on any atom is 0.416 e. The number of benzene rings is 2. The topological polar surface area (TPSA) is 142 Å². The van der Waals surface area contributed by atoms with E-state index in [2.05, 4.69) is 15.6 Å². The molecule has 2 heterocycles. The third-order valence-corrected chi connectivity index (χ3v) is 6.07. The summed E-state index contributed by atoms with van der Waals surface area (Å²) in [5.74, 6) is -0.240. The third-order valence-electron chi connectivity index (χ3n) is 6.07. The van der Waals surface area contributed by atoms with Gasteiger partial charge in [-0.3, -0.25) is 15.1 Å². The van der Waals surface area contributed by atoms with E-state index in [1.807, 2.05) is 4.90 Å². The molecule has 7 N–H and O–H groups in total. The summed E-state index contributed by atoms with van der Waals surface area (Å²) < 4.78 is 46.7. The van der Waals surface area contributed by atoms with Gasteiger partial charge in [-0.25, -0.2) is 4.98 Å². The van der Waals surface area contributed by atoms with Crippen LogP contribution in [0.2, 0.25) is 0 Å². The predicted octanol–water partition coefficient (Wildman–Crippen LogP) is 3.06. The van der Waals surface area contributed by atoms with Crippen LogP contribution in [0.15, 0.2) is 54.7 Å². The molecule has 1 saturated heterocycles. The highest BCUT2D eigenvalue weighted by molar-refractivity contribution is 6.00. The molecule has 9 nitrogen and oxygen atoms in total. The van der Waals surface area contributed by atoms with E-state index < -0.39 is 17.6 Å². The lowest BCUT2D eigenvalue weighted by Gasteiger charge is -2.28. The number of halogens is 3. The molecule has 3 aromatic rings. The van der Waals surface area contributed by atoms with Crippen molar-refractivity contribution in [3.8, 4) is 16.9 Å². The molecule has 0 unspecified atom stereocenters. The molecular formula is C26H28F3N7O2. The van der Waals surface area contributed by atoms with Crippen molar-refractivity contribution in [2.45, 2.75) is 12.7 Å². The summed E-state index contributed by atoms with van der Waals surface area (Å²) in [6, 6.07) is 12.2. The number of hydrogen-bond donors (Lipinski definition) is 5. The summed E-state index contributed by atoms with van der Waals surface area (Å²) in [5.41, 5.74) is 12.5. The Hall–Kier alpha value is -4.16. The number of rotatable bonds is 8. The lowest BCUT2D eigenvalue weighted by atomic mass is 10.0. The van der Waals surface area contributed by atoms with Gasteiger partial charge in [0.15, 0.2) is 6.61 Å². The van der Waals surface area contributed by atoms with Gasteiger partial charge < -0.3 is 26.8 Å². The number of carbonyl (C=O) groups excluding carboxylic acids is 1. The van der Waals surface area contributed by atoms with E-state index >= 15 is 0 Å². The average molecular weight is 528 g/mol. The number of nitrogens with two attached hydrogens (primary N) is 2. The number of pyridine rings is 1. The number of alkyl halides is 3. The van der Waals surface area contributed by atoms with E-state index in [1.165, 1.54) is 12.1 Å². The number of carbonyl (C=O) groups is 1. The zero-order valence-electron chi connectivity index (χ0n) is 20.4. The van der Waals surface area contributed by atoms with Gasteiger partial charge in [0.05, 0.1) is 11.1 Å². The van der Waals surface area contributed by atoms with Crippen LogP contribution in [0.4, 0.5) is 24.7 Å². The number of nitrogen functional groups attached to an aromatic ring is 2. The fourth-order valence-electron chi connectivity index (χ4n) is 4.10. The number of amidine groups is 1. The van der Waals surface area contributed by atoms with Crippen LogP contribution in [0.5, 0.6) is 5.75 Å². The van der Waals surface area contributed by atoms with Crippen molar-refractivity contribution >= 4 is 23.2 Å². The minimum atomic E-state index is -4.55. The van der Waals surface area contributed by atoms with Crippen LogP contribution in [0.3, 0.4) is 0 Å². The van der Waals surface area contributed by atoms with E-state index in [0.29, 0.717) is 30.0 Å². The molecule has 0 atom stereocenters. The van der Waals surface area contributed by atoms with Crippen LogP contribution in [0.25, 0.3) is 11.1 Å². The Bertz CT molecular complexity index is 1310. The Morgan fingerprint density at radius 1 is 1.11 bits per heavy atom. The molecule has 0 bridgehead atoms. The van der Waals surface area contributed by atoms with Gasteiger partial charge in [-0.1, -0.05) is 18.2 Å². The van der Waals surface area contributed by atoms with Crippen molar-refractivity contribution in [3.63, 3.8) is 0 Å². The first-order chi connectivity index (χ1) is 18.1. The molecule has 1 fully saturated rings. The molecule has 0 spiro atoms. The number of nitrogens with one attached hydrogen (secondary N) is 3. The van der Waals surface area contributed by atoms with Gasteiger partial charge in [-0.05, 0) is 41.5 Å². The monoisotopic (exact) mass is 527 g/mol. The standard InChI is InChI=1S/C26H28F3N7O2/c27-26(28,29)22-12-19(4-1-17(22)14-36-9-7-33-8-10-36)35-23(37)15-38-20-5-2-16(3-6-20)18-11-21(24(30)31)25(32)34-13-18/h1-6,11-13,33H,7-10,14-15H2,(H3,30,31)(H2,32,34)(H,35,37). The largest absolute Gasteiger partial charge is 0.484 e. The van der Waals surface area contributed by atoms with E-state index in [4.69, 9.17) is 21.6 Å². The van der Waals surface area contributed by atoms with E-state index in [0.717, 1.165) is 24.7 Å². The number of ether oxygens (including phenoxy) is 1. The SMILES string of the molecule is N=C(N)c1cc(-c2ccc(OCC(=O)Nc3ccc(CN4CCNCC4)c(C(F)(F)F)c3)cc2)cnc1N. The van der Waals surface area contributed by atoms with Gasteiger partial charge in [0, 0.05) is 50.2 Å². The smallest absolute Gasteiger partial charge is 0.416 e. The molecule has 0 radical (unpaired) electrons. The first-order valence-corrected chi connectivity index (χ1v) is 11.9. The number of anilines is 2. The minimum Gasteiger partial charge on any atom is -0.484 e. The summed E-state index contributed by atoms with van der Waals surface area (Å²) in [6.07, 6.45) is -3.00. The van der Waals surface area contributed by atoms with Crippen molar-refractivity contribution in [2.75, 3.05) is 43.8 Å². The van der Waals surface area contributed by atoms with Crippen molar-refractivity contribution < 1.29 is 22.7 Å². The summed E-state index contributed by atoms with van der Waals surface area (Å²) >= 11 is 0. The van der Waals surface area contributed by atoms with Gasteiger partial charge in [0.25, 0.3) is 5.91 Å². The summed E-state index contributed by atoms with van der Waals surface area (Å²) in [5, 5.41) is 13.2. The molecule has 1 aliphatic rings. The first-order valence-electron chi connectivity index (χ1n) is 11.9. The van der Waals surface area contributed by atoms with Crippen molar-refractivity contribution in [1.82, 2.24) is 15.2 Å². The van der Waals surface area contributed by atoms with Crippen LogP contribution < -0.4 is 26.8 Å². The zero-order chi connectivity index (χ0) is 27.3. The molecule has 2 aromatic carbocycles. The van der Waals surface area contributed by atoms with Gasteiger partial charge >= 0.3 is 6.18 Å². The fraction of sp³-hybridized carbons (Fsp3) is 0.269. The molecule has 0 saturated carbocycles. The summed E-state index contributed by atoms with van der Waals surface area (Å²) in [6.45, 7) is 2.61. The van der Waals surface area contributed by atoms with Crippen LogP contribution in [0, 0.1) is 5.41 Å². The number of piperazine rings is 1. The second-order valence-corrected chi connectivity index (χ2v) is 8.83. The van der Waals surface area contributed by atoms with Gasteiger partial charge in [0.2, 0.25) is 0 Å². The maximum atomic E-state index is 13.7. The Balaban J connectivity index is 1.37. The molecule has 38 heavy (non-hydrogen) atoms. The van der Waals surface area contributed by atoms with Crippen LogP contribution in [-0.2, 0) is 17.5 Å². The number of aromatic nitrogens is 1. The van der Waals surface area contributed by atoms with Crippen LogP contribution in [-0.4, -0.2) is 54.4 Å². The number of hydrogen-bond acceptors (Lipinski definition) is 7. The summed E-state index contributed by atoms with van der Waals surface area (Å²) in [4.78, 5) is 18.4. The number of nitrogens with zero attached hydrogens (tertiary/aromatic N) is 2. The molecule has 1 aliphatic heterocycles. The summed E-state index contributed by atoms with van der Waals surface area (Å²) in [7, 11) is 0. The van der Waals surface area contributed by atoms with Crippen LogP contribution >= 0.6 is 0 Å². The normalized spacial score (nSPS) is 14.2. The highest BCUT2D eigenvalue weighted by Gasteiger charge is 2.34. The quantitative estimate of drug-likeness (QED) is 0.224. The average Bonchev–Trinajstić information content (AvgIpc) is 2.89. The molecule has 1 aromatic heterocycles. The molecular weight excluding hydrogens is 499 g/mol. The Kier molecular flexibility index (Phi) is 8.13. The molecule has 1 amide bonds. The van der Waals surface area contributed by atoms with E-state index in [9.17, 15) is 18.0 Å². The lowest BCUT2D eigenvalue weighted by molar-refractivity contribution is -0.138. The molecule has 12 heteroatoms. The predicted molar refractivity (Wildman–Crippen MR) is 139 cm³/mol. The maximum absolute atomic E-state index is 13.7. The Morgan fingerprint density at radius 2 is 1.82 bits per heavy atom. The minimum absolute atomic E-state index is 0.0439. The second-order valence-electron chi connectivity index (χ2n) is 8.83. The van der Waals surface area contributed by atoms with Crippen LogP contribution in [0.1, 0.15) is 16.7 Å². The van der Waals surface area contributed by atoms with E-state index in [-0.39, 0.29) is 36.1 Å². The Labute approximate surface area is 217 Å². The first kappa shape index (κ1) is 26.9. The third kappa shape index (κ3) is 6.78. The fourth-order valence-corrected chi connectivity index (χ4v) is 4.10. The van der Waals surface area contributed by atoms with Gasteiger partial charge in [0.1, 0.15) is 17.4 Å². The molecule has 4 rings (SSSR count). The zero-order valence-corrected chi connectivity index (χ0v) is 20.4. The Morgan fingerprint density at radius 3 is 2.47 bits per heavy atom. The lowest BCUT2D eigenvalue weighted by Crippen LogP contribution is -2.43. The van der Waals surface area contributed by atoms with E-state index in [1.54, 1.807) is 36.5 Å². The highest BCUT2D eigenvalue weighted by atomic mass is 19.4. The van der Waals surface area contributed by atoms with Gasteiger partial charge in [-0.15, -0.1) is 0 Å². The van der Waals surface area contributed by atoms with Crippen molar-refractivity contribution in [3.05, 3.63) is 71.4 Å². The second kappa shape index (κ2) is 11.5.